The summed E-state index contributed by atoms with van der Waals surface area (Å²) in [7, 11) is 0. The number of fused-ring (bicyclic) bond motifs is 1. The zero-order valence-electron chi connectivity index (χ0n) is 17.3. The molecule has 2 fully saturated rings. The lowest BCUT2D eigenvalue weighted by Crippen LogP contribution is -2.42. The second-order valence-corrected chi connectivity index (χ2v) is 8.34. The van der Waals surface area contributed by atoms with Gasteiger partial charge in [-0.15, -0.1) is 0 Å². The average molecular weight is 420 g/mol. The Morgan fingerprint density at radius 3 is 2.48 bits per heavy atom. The summed E-state index contributed by atoms with van der Waals surface area (Å²) in [5.74, 6) is 1.12. The lowest BCUT2D eigenvalue weighted by Gasteiger charge is -2.34. The van der Waals surface area contributed by atoms with E-state index in [9.17, 15) is 14.3 Å². The van der Waals surface area contributed by atoms with Crippen molar-refractivity contribution in [1.82, 2.24) is 14.9 Å². The molecule has 2 aliphatic heterocycles. The molecule has 0 aliphatic carbocycles. The highest BCUT2D eigenvalue weighted by molar-refractivity contribution is 5.91. The number of benzene rings is 2. The monoisotopic (exact) mass is 420 g/mol. The second kappa shape index (κ2) is 8.13. The van der Waals surface area contributed by atoms with Crippen LogP contribution in [0.4, 0.5) is 10.2 Å². The molecule has 0 atom stereocenters. The Morgan fingerprint density at radius 1 is 1.00 bits per heavy atom. The minimum Gasteiger partial charge on any atom is -0.507 e. The number of phenolic OH excluding ortho intramolecular Hbond substituents is 1. The van der Waals surface area contributed by atoms with E-state index in [4.69, 9.17) is 4.98 Å². The number of carbonyl (C=O) groups excluding carboxylic acids is 1. The fourth-order valence-corrected chi connectivity index (χ4v) is 4.64. The Hall–Kier alpha value is -3.22. The molecular formula is C24H25FN4O2. The van der Waals surface area contributed by atoms with Crippen LogP contribution in [-0.4, -0.2) is 52.1 Å². The minimum atomic E-state index is -0.341. The van der Waals surface area contributed by atoms with Gasteiger partial charge < -0.3 is 14.9 Å². The molecular weight excluding hydrogens is 395 g/mol. The number of piperidine rings is 1. The largest absolute Gasteiger partial charge is 0.507 e. The van der Waals surface area contributed by atoms with E-state index >= 15 is 0 Å². The lowest BCUT2D eigenvalue weighted by molar-refractivity contribution is -0.135. The Balaban J connectivity index is 1.47. The highest BCUT2D eigenvalue weighted by Crippen LogP contribution is 2.34. The van der Waals surface area contributed by atoms with Gasteiger partial charge in [0.05, 0.1) is 11.1 Å². The van der Waals surface area contributed by atoms with Gasteiger partial charge in [-0.3, -0.25) is 4.79 Å². The number of nitrogens with zero attached hydrogens (tertiary/aromatic N) is 4. The van der Waals surface area contributed by atoms with Crippen molar-refractivity contribution in [2.24, 2.45) is 5.92 Å². The standard InChI is InChI=1S/C24H25FN4O2/c25-17-7-8-20-19(15-17)23(27-22(26-20)18-5-1-2-6-21(18)30)28-13-9-16(10-14-28)24(31)29-11-3-4-12-29/h1-2,5-8,15-16,30H,3-4,9-14H2. The number of aromatic nitrogens is 2. The van der Waals surface area contributed by atoms with Crippen LogP contribution in [0.5, 0.6) is 5.75 Å². The van der Waals surface area contributed by atoms with Gasteiger partial charge in [0.1, 0.15) is 17.4 Å². The first kappa shape index (κ1) is 19.7. The van der Waals surface area contributed by atoms with Gasteiger partial charge in [-0.05, 0) is 56.0 Å². The third-order valence-corrected chi connectivity index (χ3v) is 6.34. The van der Waals surface area contributed by atoms with E-state index in [0.29, 0.717) is 41.2 Å². The topological polar surface area (TPSA) is 69.6 Å². The van der Waals surface area contributed by atoms with Crippen LogP contribution in [0.15, 0.2) is 42.5 Å². The second-order valence-electron chi connectivity index (χ2n) is 8.34. The molecule has 0 unspecified atom stereocenters. The lowest BCUT2D eigenvalue weighted by atomic mass is 9.95. The van der Waals surface area contributed by atoms with Gasteiger partial charge in [0.15, 0.2) is 5.82 Å². The van der Waals surface area contributed by atoms with Crippen molar-refractivity contribution in [2.45, 2.75) is 25.7 Å². The third kappa shape index (κ3) is 3.80. The zero-order valence-corrected chi connectivity index (χ0v) is 17.3. The van der Waals surface area contributed by atoms with Gasteiger partial charge >= 0.3 is 0 Å². The number of para-hydroxylation sites is 1. The molecule has 6 nitrogen and oxygen atoms in total. The molecule has 1 N–H and O–H groups in total. The molecule has 160 valence electrons. The molecule has 2 aromatic carbocycles. The maximum Gasteiger partial charge on any atom is 0.225 e. The number of rotatable bonds is 3. The van der Waals surface area contributed by atoms with Gasteiger partial charge in [0, 0.05) is 37.5 Å². The quantitative estimate of drug-likeness (QED) is 0.694. The van der Waals surface area contributed by atoms with Crippen LogP contribution >= 0.6 is 0 Å². The molecule has 0 saturated carbocycles. The van der Waals surface area contributed by atoms with E-state index in [1.165, 1.54) is 12.1 Å². The normalized spacial score (nSPS) is 17.5. The first-order valence-electron chi connectivity index (χ1n) is 10.9. The number of halogens is 1. The summed E-state index contributed by atoms with van der Waals surface area (Å²) >= 11 is 0. The number of hydrogen-bond donors (Lipinski definition) is 1. The molecule has 3 heterocycles. The Bertz CT molecular complexity index is 1120. The van der Waals surface area contributed by atoms with Crippen LogP contribution in [0.3, 0.4) is 0 Å². The molecule has 1 amide bonds. The average Bonchev–Trinajstić information content (AvgIpc) is 3.33. The number of aromatic hydroxyl groups is 1. The van der Waals surface area contributed by atoms with E-state index in [-0.39, 0.29) is 23.4 Å². The molecule has 31 heavy (non-hydrogen) atoms. The van der Waals surface area contributed by atoms with E-state index in [1.54, 1.807) is 24.3 Å². The number of hydrogen-bond acceptors (Lipinski definition) is 5. The summed E-state index contributed by atoms with van der Waals surface area (Å²) in [6.45, 7) is 3.10. The number of anilines is 1. The van der Waals surface area contributed by atoms with Gasteiger partial charge in [0.2, 0.25) is 5.91 Å². The predicted molar refractivity (Wildman–Crippen MR) is 117 cm³/mol. The van der Waals surface area contributed by atoms with Crippen molar-refractivity contribution in [3.8, 4) is 17.1 Å². The molecule has 0 bridgehead atoms. The van der Waals surface area contributed by atoms with Crippen molar-refractivity contribution in [3.63, 3.8) is 0 Å². The Kier molecular flexibility index (Phi) is 5.18. The summed E-state index contributed by atoms with van der Waals surface area (Å²) in [6.07, 6.45) is 3.69. The molecule has 0 radical (unpaired) electrons. The highest BCUT2D eigenvalue weighted by atomic mass is 19.1. The van der Waals surface area contributed by atoms with Crippen molar-refractivity contribution in [1.29, 1.82) is 0 Å². The molecule has 0 spiro atoms. The number of phenols is 1. The van der Waals surface area contributed by atoms with Gasteiger partial charge in [-0.1, -0.05) is 12.1 Å². The molecule has 7 heteroatoms. The summed E-state index contributed by atoms with van der Waals surface area (Å²) in [6, 6.07) is 11.4. The summed E-state index contributed by atoms with van der Waals surface area (Å²) in [4.78, 5) is 26.2. The van der Waals surface area contributed by atoms with E-state index < -0.39 is 0 Å². The van der Waals surface area contributed by atoms with Crippen molar-refractivity contribution in [2.75, 3.05) is 31.1 Å². The molecule has 1 aromatic heterocycles. The van der Waals surface area contributed by atoms with E-state index in [2.05, 4.69) is 9.88 Å². The molecule has 3 aromatic rings. The van der Waals surface area contributed by atoms with Crippen LogP contribution in [0.1, 0.15) is 25.7 Å². The van der Waals surface area contributed by atoms with Crippen LogP contribution in [0.25, 0.3) is 22.3 Å². The van der Waals surface area contributed by atoms with Crippen molar-refractivity contribution in [3.05, 3.63) is 48.3 Å². The fourth-order valence-electron chi connectivity index (χ4n) is 4.64. The highest BCUT2D eigenvalue weighted by Gasteiger charge is 2.31. The smallest absolute Gasteiger partial charge is 0.225 e. The summed E-state index contributed by atoms with van der Waals surface area (Å²) in [5, 5.41) is 10.9. The predicted octanol–water partition coefficient (Wildman–Crippen LogP) is 3.98. The van der Waals surface area contributed by atoms with Crippen molar-refractivity contribution >= 4 is 22.6 Å². The summed E-state index contributed by atoms with van der Waals surface area (Å²) in [5.41, 5.74) is 1.16. The van der Waals surface area contributed by atoms with E-state index in [1.807, 2.05) is 11.0 Å². The van der Waals surface area contributed by atoms with Crippen LogP contribution in [0, 0.1) is 11.7 Å². The SMILES string of the molecule is O=C(C1CCN(c2nc(-c3ccccc3O)nc3ccc(F)cc23)CC1)N1CCCC1. The third-order valence-electron chi connectivity index (χ3n) is 6.34. The number of carbonyl (C=O) groups is 1. The Morgan fingerprint density at radius 2 is 1.74 bits per heavy atom. The van der Waals surface area contributed by atoms with Crippen LogP contribution < -0.4 is 4.90 Å². The molecule has 2 saturated heterocycles. The maximum atomic E-state index is 14.0. The van der Waals surface area contributed by atoms with Crippen LogP contribution in [0.2, 0.25) is 0 Å². The molecule has 5 rings (SSSR count). The number of likely N-dealkylation sites (tertiary alicyclic amines) is 1. The van der Waals surface area contributed by atoms with Crippen molar-refractivity contribution < 1.29 is 14.3 Å². The fraction of sp³-hybridized carbons (Fsp3) is 0.375. The van der Waals surface area contributed by atoms with Gasteiger partial charge in [0.25, 0.3) is 0 Å². The van der Waals surface area contributed by atoms with Gasteiger partial charge in [-0.25, -0.2) is 14.4 Å². The first-order chi connectivity index (χ1) is 15.1. The zero-order chi connectivity index (χ0) is 21.4. The van der Waals surface area contributed by atoms with Crippen LogP contribution in [-0.2, 0) is 4.79 Å². The minimum absolute atomic E-state index is 0.0387. The maximum absolute atomic E-state index is 14.0. The number of amides is 1. The Labute approximate surface area is 180 Å². The summed E-state index contributed by atoms with van der Waals surface area (Å²) < 4.78 is 14.0. The molecule has 2 aliphatic rings. The van der Waals surface area contributed by atoms with E-state index in [0.717, 1.165) is 38.8 Å². The van der Waals surface area contributed by atoms with Gasteiger partial charge in [-0.2, -0.15) is 0 Å². The first-order valence-corrected chi connectivity index (χ1v) is 10.9.